The summed E-state index contributed by atoms with van der Waals surface area (Å²) in [5.41, 5.74) is 4.96. The lowest BCUT2D eigenvalue weighted by Gasteiger charge is -2.33. The van der Waals surface area contributed by atoms with Gasteiger partial charge in [-0.3, -0.25) is 9.59 Å². The largest absolute Gasteiger partial charge is 0.348 e. The fourth-order valence-corrected chi connectivity index (χ4v) is 4.63. The van der Waals surface area contributed by atoms with Crippen molar-refractivity contribution in [3.05, 3.63) is 41.0 Å². The Labute approximate surface area is 183 Å². The predicted molar refractivity (Wildman–Crippen MR) is 122 cm³/mol. The zero-order valence-electron chi connectivity index (χ0n) is 18.9. The molecular formula is C24H33N3O2S. The lowest BCUT2D eigenvalue weighted by Crippen LogP contribution is -2.49. The summed E-state index contributed by atoms with van der Waals surface area (Å²) in [6.45, 7) is 12.8. The van der Waals surface area contributed by atoms with E-state index in [1.54, 1.807) is 16.2 Å². The Kier molecular flexibility index (Phi) is 6.65. The lowest BCUT2D eigenvalue weighted by atomic mass is 9.81. The zero-order valence-corrected chi connectivity index (χ0v) is 19.7. The van der Waals surface area contributed by atoms with E-state index in [1.807, 2.05) is 26.3 Å². The van der Waals surface area contributed by atoms with Crippen LogP contribution in [0.2, 0.25) is 0 Å². The number of aryl methyl sites for hydroxylation is 1. The minimum Gasteiger partial charge on any atom is -0.348 e. The number of aromatic nitrogens is 1. The molecule has 3 atom stereocenters. The van der Waals surface area contributed by atoms with Gasteiger partial charge < -0.3 is 10.2 Å². The summed E-state index contributed by atoms with van der Waals surface area (Å²) in [5.74, 6) is -0.0972. The van der Waals surface area contributed by atoms with E-state index in [2.05, 4.69) is 55.3 Å². The van der Waals surface area contributed by atoms with Crippen molar-refractivity contribution in [3.8, 4) is 10.4 Å². The number of nitrogens with one attached hydrogen (secondary N) is 1. The average Bonchev–Trinajstić information content (AvgIpc) is 3.35. The highest BCUT2D eigenvalue weighted by Gasteiger charge is 2.39. The summed E-state index contributed by atoms with van der Waals surface area (Å²) >= 11 is 1.63. The SMILES string of the molecule is Cc1ncsc1-c1ccc([C@H](C)NC(=O)[C@@H]2CCCN2C(=O)[C@@H](C)C(C)(C)C)cc1. The summed E-state index contributed by atoms with van der Waals surface area (Å²) < 4.78 is 0. The molecular weight excluding hydrogens is 394 g/mol. The van der Waals surface area contributed by atoms with E-state index in [4.69, 9.17) is 0 Å². The molecule has 2 heterocycles. The molecule has 0 radical (unpaired) electrons. The van der Waals surface area contributed by atoms with Crippen LogP contribution in [0.3, 0.4) is 0 Å². The van der Waals surface area contributed by atoms with Crippen molar-refractivity contribution in [2.45, 2.75) is 66.5 Å². The van der Waals surface area contributed by atoms with Crippen LogP contribution in [0.15, 0.2) is 29.8 Å². The van der Waals surface area contributed by atoms with Gasteiger partial charge in [0.25, 0.3) is 0 Å². The number of carbonyl (C=O) groups excluding carboxylic acids is 2. The van der Waals surface area contributed by atoms with Crippen molar-refractivity contribution < 1.29 is 9.59 Å². The molecule has 2 amide bonds. The highest BCUT2D eigenvalue weighted by Crippen LogP contribution is 2.31. The van der Waals surface area contributed by atoms with E-state index in [0.29, 0.717) is 6.54 Å². The first-order valence-corrected chi connectivity index (χ1v) is 11.6. The van der Waals surface area contributed by atoms with Crippen LogP contribution < -0.4 is 5.32 Å². The summed E-state index contributed by atoms with van der Waals surface area (Å²) in [4.78, 5) is 33.3. The Morgan fingerprint density at radius 1 is 1.20 bits per heavy atom. The summed E-state index contributed by atoms with van der Waals surface area (Å²) in [7, 11) is 0. The van der Waals surface area contributed by atoms with Gasteiger partial charge in [-0.2, -0.15) is 0 Å². The number of thiazole rings is 1. The highest BCUT2D eigenvalue weighted by atomic mass is 32.1. The molecule has 2 aromatic rings. The molecule has 0 spiro atoms. The number of likely N-dealkylation sites (tertiary alicyclic amines) is 1. The Morgan fingerprint density at radius 3 is 2.43 bits per heavy atom. The summed E-state index contributed by atoms with van der Waals surface area (Å²) in [6, 6.07) is 7.77. The predicted octanol–water partition coefficient (Wildman–Crippen LogP) is 4.97. The van der Waals surface area contributed by atoms with Gasteiger partial charge in [0, 0.05) is 12.5 Å². The molecule has 1 aromatic heterocycles. The number of benzene rings is 1. The molecule has 0 aliphatic carbocycles. The standard InChI is InChI=1S/C24H33N3O2S/c1-15(24(4,5)6)23(29)27-13-7-8-20(27)22(28)26-16(2)18-9-11-19(12-10-18)21-17(3)25-14-30-21/h9-12,14-16,20H,7-8,13H2,1-6H3,(H,26,28)/t15-,16+,20+/m1/s1. The van der Waals surface area contributed by atoms with Gasteiger partial charge in [0.15, 0.2) is 0 Å². The van der Waals surface area contributed by atoms with Gasteiger partial charge in [0.05, 0.1) is 22.1 Å². The number of hydrogen-bond acceptors (Lipinski definition) is 4. The van der Waals surface area contributed by atoms with Crippen LogP contribution in [0.1, 0.15) is 64.8 Å². The molecule has 6 heteroatoms. The second-order valence-corrected chi connectivity index (χ2v) is 10.3. The smallest absolute Gasteiger partial charge is 0.243 e. The minimum absolute atomic E-state index is 0.0585. The highest BCUT2D eigenvalue weighted by molar-refractivity contribution is 7.13. The van der Waals surface area contributed by atoms with Crippen LogP contribution in [0.25, 0.3) is 10.4 Å². The third-order valence-corrected chi connectivity index (χ3v) is 7.26. The zero-order chi connectivity index (χ0) is 22.1. The van der Waals surface area contributed by atoms with Gasteiger partial charge in [-0.05, 0) is 43.2 Å². The van der Waals surface area contributed by atoms with Crippen LogP contribution in [0, 0.1) is 18.3 Å². The van der Waals surface area contributed by atoms with E-state index in [1.165, 1.54) is 4.88 Å². The molecule has 1 aliphatic heterocycles. The minimum atomic E-state index is -0.371. The summed E-state index contributed by atoms with van der Waals surface area (Å²) in [6.07, 6.45) is 1.60. The first-order valence-electron chi connectivity index (χ1n) is 10.7. The normalized spacial score (nSPS) is 18.9. The molecule has 1 fully saturated rings. The first kappa shape index (κ1) is 22.5. The maximum absolute atomic E-state index is 13.0. The third kappa shape index (κ3) is 4.75. The van der Waals surface area contributed by atoms with Crippen molar-refractivity contribution in [1.82, 2.24) is 15.2 Å². The quantitative estimate of drug-likeness (QED) is 0.733. The topological polar surface area (TPSA) is 62.3 Å². The molecule has 5 nitrogen and oxygen atoms in total. The van der Waals surface area contributed by atoms with Crippen molar-refractivity contribution in [3.63, 3.8) is 0 Å². The number of rotatable bonds is 5. The molecule has 0 unspecified atom stereocenters. The van der Waals surface area contributed by atoms with Gasteiger partial charge in [-0.25, -0.2) is 4.98 Å². The van der Waals surface area contributed by atoms with Crippen LogP contribution in [0.4, 0.5) is 0 Å². The molecule has 30 heavy (non-hydrogen) atoms. The van der Waals surface area contributed by atoms with Crippen molar-refractivity contribution in [2.24, 2.45) is 11.3 Å². The maximum Gasteiger partial charge on any atom is 0.243 e. The monoisotopic (exact) mass is 427 g/mol. The molecule has 162 valence electrons. The molecule has 0 bridgehead atoms. The van der Waals surface area contributed by atoms with Crippen LogP contribution in [0.5, 0.6) is 0 Å². The van der Waals surface area contributed by atoms with E-state index in [9.17, 15) is 9.59 Å². The van der Waals surface area contributed by atoms with Crippen LogP contribution in [-0.2, 0) is 9.59 Å². The van der Waals surface area contributed by atoms with Crippen LogP contribution in [-0.4, -0.2) is 34.3 Å². The molecule has 0 saturated carbocycles. The second-order valence-electron chi connectivity index (χ2n) is 9.40. The van der Waals surface area contributed by atoms with Crippen molar-refractivity contribution >= 4 is 23.2 Å². The van der Waals surface area contributed by atoms with Gasteiger partial charge >= 0.3 is 0 Å². The molecule has 1 aliphatic rings. The fourth-order valence-electron chi connectivity index (χ4n) is 3.82. The average molecular weight is 428 g/mol. The molecule has 1 N–H and O–H groups in total. The third-order valence-electron chi connectivity index (χ3n) is 6.29. The van der Waals surface area contributed by atoms with Crippen molar-refractivity contribution in [1.29, 1.82) is 0 Å². The number of hydrogen-bond donors (Lipinski definition) is 1. The number of carbonyl (C=O) groups is 2. The molecule has 1 aromatic carbocycles. The molecule has 3 rings (SSSR count). The number of nitrogens with zero attached hydrogens (tertiary/aromatic N) is 2. The summed E-state index contributed by atoms with van der Waals surface area (Å²) in [5, 5.41) is 3.12. The Hall–Kier alpha value is -2.21. The Morgan fingerprint density at radius 2 is 1.87 bits per heavy atom. The van der Waals surface area contributed by atoms with E-state index >= 15 is 0 Å². The van der Waals surface area contributed by atoms with Crippen molar-refractivity contribution in [2.75, 3.05) is 6.54 Å². The van der Waals surface area contributed by atoms with Gasteiger partial charge in [0.2, 0.25) is 11.8 Å². The fraction of sp³-hybridized carbons (Fsp3) is 0.542. The number of amides is 2. The second kappa shape index (κ2) is 8.88. The molecule has 1 saturated heterocycles. The van der Waals surface area contributed by atoms with Crippen LogP contribution >= 0.6 is 11.3 Å². The lowest BCUT2D eigenvalue weighted by molar-refractivity contribution is -0.144. The Bertz CT molecular complexity index is 898. The van der Waals surface area contributed by atoms with E-state index in [-0.39, 0.29) is 35.2 Å². The van der Waals surface area contributed by atoms with Gasteiger partial charge in [-0.1, -0.05) is 52.0 Å². The maximum atomic E-state index is 13.0. The van der Waals surface area contributed by atoms with E-state index in [0.717, 1.165) is 29.7 Å². The Balaban J connectivity index is 1.66. The van der Waals surface area contributed by atoms with Gasteiger partial charge in [0.1, 0.15) is 6.04 Å². The van der Waals surface area contributed by atoms with Gasteiger partial charge in [-0.15, -0.1) is 11.3 Å². The first-order chi connectivity index (χ1) is 14.1. The van der Waals surface area contributed by atoms with E-state index < -0.39 is 0 Å².